The molecule has 5 aromatic rings. The summed E-state index contributed by atoms with van der Waals surface area (Å²) in [6, 6.07) is 26.1. The van der Waals surface area contributed by atoms with Crippen LogP contribution in [0.5, 0.6) is 5.75 Å². The number of rotatable bonds is 22. The molecule has 0 aliphatic heterocycles. The highest BCUT2D eigenvalue weighted by molar-refractivity contribution is 5.97. The first kappa shape index (κ1) is 49.1. The normalized spacial score (nSPS) is 14.1. The van der Waals surface area contributed by atoms with Gasteiger partial charge in [0.05, 0.1) is 6.42 Å². The first-order valence-corrected chi connectivity index (χ1v) is 22.2. The number of carboxylic acids is 1. The van der Waals surface area contributed by atoms with Gasteiger partial charge in [0.2, 0.25) is 29.5 Å². The van der Waals surface area contributed by atoms with Gasteiger partial charge in [0, 0.05) is 41.9 Å². The van der Waals surface area contributed by atoms with Gasteiger partial charge in [0.15, 0.2) is 0 Å². The van der Waals surface area contributed by atoms with Crippen LogP contribution in [0.4, 0.5) is 0 Å². The number of aromatic amines is 1. The van der Waals surface area contributed by atoms with Gasteiger partial charge in [-0.05, 0) is 77.6 Å². The Labute approximate surface area is 380 Å². The second kappa shape index (κ2) is 23.1. The molecule has 344 valence electrons. The third kappa shape index (κ3) is 14.5. The molecule has 14 heteroatoms. The van der Waals surface area contributed by atoms with Crippen LogP contribution in [0, 0.1) is 17.8 Å². The Kier molecular flexibility index (Phi) is 17.4. The summed E-state index contributed by atoms with van der Waals surface area (Å²) in [5, 5.41) is 34.3. The van der Waals surface area contributed by atoms with Crippen LogP contribution in [0.15, 0.2) is 109 Å². The predicted molar refractivity (Wildman–Crippen MR) is 250 cm³/mol. The maximum absolute atomic E-state index is 14.5. The second-order valence-electron chi connectivity index (χ2n) is 17.6. The molecule has 0 unspecified atom stereocenters. The minimum absolute atomic E-state index is 0.0559. The largest absolute Gasteiger partial charge is 0.508 e. The van der Waals surface area contributed by atoms with Crippen molar-refractivity contribution >= 4 is 46.4 Å². The van der Waals surface area contributed by atoms with Crippen LogP contribution in [0.3, 0.4) is 0 Å². The lowest BCUT2D eigenvalue weighted by molar-refractivity contribution is -0.141. The SMILES string of the molecule is CC(C)C[C@H](NC(=O)[C@H](Cc1c[nH]c2ccccc12)NC(=O)[C@H](CC(=O)O)NC(=O)[C@@H](C)Cc1ccc(O)cc1)C(=O)N[C@@H](Cc1ccc(-c2ccccc2)cc1)C(=O)N[C@H](C)C(C)C. The molecule has 1 aromatic heterocycles. The van der Waals surface area contributed by atoms with Gasteiger partial charge in [-0.25, -0.2) is 0 Å². The highest BCUT2D eigenvalue weighted by Crippen LogP contribution is 2.22. The van der Waals surface area contributed by atoms with Gasteiger partial charge in [0.25, 0.3) is 0 Å². The molecule has 5 amide bonds. The van der Waals surface area contributed by atoms with Gasteiger partial charge < -0.3 is 41.8 Å². The number of aromatic hydroxyl groups is 1. The number of aromatic nitrogens is 1. The van der Waals surface area contributed by atoms with Crippen molar-refractivity contribution in [3.8, 4) is 16.9 Å². The smallest absolute Gasteiger partial charge is 0.305 e. The van der Waals surface area contributed by atoms with Crippen molar-refractivity contribution in [2.24, 2.45) is 17.8 Å². The number of phenolic OH excluding ortho intramolecular Hbond substituents is 1. The number of para-hydroxylation sites is 1. The Morgan fingerprint density at radius 3 is 1.68 bits per heavy atom. The van der Waals surface area contributed by atoms with Gasteiger partial charge in [-0.15, -0.1) is 0 Å². The van der Waals surface area contributed by atoms with E-state index in [2.05, 4.69) is 31.6 Å². The molecular weight excluding hydrogens is 825 g/mol. The summed E-state index contributed by atoms with van der Waals surface area (Å²) in [4.78, 5) is 85.4. The maximum atomic E-state index is 14.5. The van der Waals surface area contributed by atoms with Crippen molar-refractivity contribution in [3.05, 3.63) is 126 Å². The lowest BCUT2D eigenvalue weighted by Crippen LogP contribution is -2.59. The van der Waals surface area contributed by atoms with Crippen LogP contribution in [0.2, 0.25) is 0 Å². The Morgan fingerprint density at radius 1 is 0.538 bits per heavy atom. The zero-order chi connectivity index (χ0) is 47.2. The van der Waals surface area contributed by atoms with E-state index in [4.69, 9.17) is 0 Å². The molecule has 5 rings (SSSR count). The summed E-state index contributed by atoms with van der Waals surface area (Å²) in [7, 11) is 0. The van der Waals surface area contributed by atoms with Crippen molar-refractivity contribution in [2.45, 2.75) is 104 Å². The molecule has 65 heavy (non-hydrogen) atoms. The van der Waals surface area contributed by atoms with Gasteiger partial charge in [-0.2, -0.15) is 0 Å². The zero-order valence-electron chi connectivity index (χ0n) is 37.9. The fourth-order valence-electron chi connectivity index (χ4n) is 7.43. The van der Waals surface area contributed by atoms with Crippen molar-refractivity contribution in [1.29, 1.82) is 0 Å². The van der Waals surface area contributed by atoms with Gasteiger partial charge in [0.1, 0.15) is 29.9 Å². The average molecular weight is 887 g/mol. The highest BCUT2D eigenvalue weighted by atomic mass is 16.4. The van der Waals surface area contributed by atoms with E-state index in [1.165, 1.54) is 12.1 Å². The summed E-state index contributed by atoms with van der Waals surface area (Å²) < 4.78 is 0. The van der Waals surface area contributed by atoms with Crippen LogP contribution in [0.25, 0.3) is 22.0 Å². The molecule has 1 heterocycles. The van der Waals surface area contributed by atoms with Crippen LogP contribution < -0.4 is 26.6 Å². The van der Waals surface area contributed by atoms with Gasteiger partial charge in [-0.3, -0.25) is 28.8 Å². The molecule has 8 N–H and O–H groups in total. The fourth-order valence-corrected chi connectivity index (χ4v) is 7.43. The van der Waals surface area contributed by atoms with Crippen LogP contribution in [-0.4, -0.2) is 80.9 Å². The van der Waals surface area contributed by atoms with Crippen molar-refractivity contribution < 1.29 is 39.0 Å². The minimum atomic E-state index is -1.55. The van der Waals surface area contributed by atoms with Crippen molar-refractivity contribution in [3.63, 3.8) is 0 Å². The lowest BCUT2D eigenvalue weighted by atomic mass is 9.98. The molecule has 0 radical (unpaired) electrons. The topological polar surface area (TPSA) is 219 Å². The standard InChI is InChI=1S/C51H62N6O8/c1-30(2)24-42(49(63)56-43(48(62)53-33(6)31(3)4)26-35-16-20-37(21-17-35)36-12-8-7-9-13-36)55-50(64)44(27-38-29-52-41-15-11-10-14-40(38)41)57-51(65)45(28-46(59)60)54-47(61)32(5)25-34-18-22-39(58)23-19-34/h7-23,29-33,42-45,52,58H,24-28H2,1-6H3,(H,53,62)(H,54,61)(H,55,64)(H,56,63)(H,57,65)(H,59,60)/t32-,33+,42-,43-,44-,45-/m0/s1. The Balaban J connectivity index is 1.39. The molecule has 6 atom stereocenters. The summed E-state index contributed by atoms with van der Waals surface area (Å²) in [5.41, 5.74) is 5.05. The molecule has 0 fully saturated rings. The molecular formula is C51H62N6O8. The number of carboxylic acid groups (broad SMARTS) is 1. The Bertz CT molecular complexity index is 2400. The zero-order valence-corrected chi connectivity index (χ0v) is 37.9. The lowest BCUT2D eigenvalue weighted by Gasteiger charge is -2.28. The number of hydrogen-bond donors (Lipinski definition) is 8. The number of H-pyrrole nitrogens is 1. The number of aliphatic carboxylic acids is 1. The second-order valence-corrected chi connectivity index (χ2v) is 17.6. The number of carbonyl (C=O) groups is 6. The number of benzene rings is 4. The Hall–Kier alpha value is -6.96. The van der Waals surface area contributed by atoms with E-state index in [0.29, 0.717) is 5.56 Å². The summed E-state index contributed by atoms with van der Waals surface area (Å²) in [6.07, 6.45) is 1.49. The first-order chi connectivity index (χ1) is 31.0. The van der Waals surface area contributed by atoms with Gasteiger partial charge >= 0.3 is 5.97 Å². The summed E-state index contributed by atoms with van der Waals surface area (Å²) >= 11 is 0. The molecule has 0 aliphatic carbocycles. The fraction of sp³-hybridized carbons (Fsp3) is 0.373. The van der Waals surface area contributed by atoms with Crippen LogP contribution in [0.1, 0.15) is 71.1 Å². The summed E-state index contributed by atoms with van der Waals surface area (Å²) in [6.45, 7) is 11.3. The first-order valence-electron chi connectivity index (χ1n) is 22.2. The van der Waals surface area contributed by atoms with E-state index in [1.54, 1.807) is 25.3 Å². The number of phenols is 1. The van der Waals surface area contributed by atoms with Crippen LogP contribution in [-0.2, 0) is 48.0 Å². The van der Waals surface area contributed by atoms with E-state index in [9.17, 15) is 39.0 Å². The molecule has 0 spiro atoms. The minimum Gasteiger partial charge on any atom is -0.508 e. The Morgan fingerprint density at radius 2 is 1.05 bits per heavy atom. The number of carbonyl (C=O) groups excluding carboxylic acids is 5. The maximum Gasteiger partial charge on any atom is 0.305 e. The van der Waals surface area contributed by atoms with E-state index in [0.717, 1.165) is 33.2 Å². The van der Waals surface area contributed by atoms with Crippen molar-refractivity contribution in [1.82, 2.24) is 31.6 Å². The number of fused-ring (bicyclic) bond motifs is 1. The predicted octanol–water partition coefficient (Wildman–Crippen LogP) is 5.83. The number of hydrogen-bond acceptors (Lipinski definition) is 7. The van der Waals surface area contributed by atoms with E-state index in [-0.39, 0.29) is 55.2 Å². The molecule has 0 saturated carbocycles. The average Bonchev–Trinajstić information content (AvgIpc) is 3.68. The quantitative estimate of drug-likeness (QED) is 0.0422. The number of nitrogens with one attached hydrogen (secondary N) is 6. The van der Waals surface area contributed by atoms with Crippen molar-refractivity contribution in [2.75, 3.05) is 0 Å². The molecule has 4 aromatic carbocycles. The molecule has 14 nitrogen and oxygen atoms in total. The van der Waals surface area contributed by atoms with Crippen LogP contribution >= 0.6 is 0 Å². The van der Waals surface area contributed by atoms with E-state index in [1.807, 2.05) is 113 Å². The van der Waals surface area contributed by atoms with E-state index >= 15 is 0 Å². The van der Waals surface area contributed by atoms with E-state index < -0.39 is 66.1 Å². The highest BCUT2D eigenvalue weighted by Gasteiger charge is 2.34. The molecule has 0 saturated heterocycles. The van der Waals surface area contributed by atoms with Gasteiger partial charge in [-0.1, -0.05) is 120 Å². The monoisotopic (exact) mass is 886 g/mol. The third-order valence-electron chi connectivity index (χ3n) is 11.5. The third-order valence-corrected chi connectivity index (χ3v) is 11.5. The molecule has 0 bridgehead atoms. The number of amides is 5. The molecule has 0 aliphatic rings. The summed E-state index contributed by atoms with van der Waals surface area (Å²) in [5.74, 6) is -5.13.